The molecule has 0 aliphatic heterocycles. The molecule has 1 aromatic carbocycles. The van der Waals surface area contributed by atoms with Crippen molar-refractivity contribution in [1.82, 2.24) is 4.98 Å². The lowest BCUT2D eigenvalue weighted by atomic mass is 10.1. The lowest BCUT2D eigenvalue weighted by Gasteiger charge is -2.06. The van der Waals surface area contributed by atoms with Gasteiger partial charge in [0.2, 0.25) is 5.89 Å². The SMILES string of the molecule is FC(F)(F)COCc1nc(-c2ccc(C(F)(F)F)cc2)oc1CCl. The van der Waals surface area contributed by atoms with E-state index in [4.69, 9.17) is 16.0 Å². The number of hydrogen-bond acceptors (Lipinski definition) is 3. The molecule has 0 unspecified atom stereocenters. The van der Waals surface area contributed by atoms with Gasteiger partial charge < -0.3 is 9.15 Å². The molecule has 24 heavy (non-hydrogen) atoms. The van der Waals surface area contributed by atoms with Gasteiger partial charge in [-0.15, -0.1) is 11.6 Å². The van der Waals surface area contributed by atoms with Crippen molar-refractivity contribution in [2.45, 2.75) is 24.8 Å². The fourth-order valence-electron chi connectivity index (χ4n) is 1.79. The highest BCUT2D eigenvalue weighted by molar-refractivity contribution is 6.16. The second kappa shape index (κ2) is 7.02. The molecule has 0 saturated heterocycles. The van der Waals surface area contributed by atoms with Crippen LogP contribution in [0.2, 0.25) is 0 Å². The standard InChI is InChI=1S/C14H10ClF6NO2/c15-5-11-10(6-23-7-13(16,17)18)22-12(24-11)8-1-3-9(4-2-8)14(19,20)21/h1-4H,5-7H2. The summed E-state index contributed by atoms with van der Waals surface area (Å²) in [5.74, 6) is -0.128. The summed E-state index contributed by atoms with van der Waals surface area (Å²) in [5, 5.41) is 0. The van der Waals surface area contributed by atoms with Crippen molar-refractivity contribution in [3.8, 4) is 11.5 Å². The summed E-state index contributed by atoms with van der Waals surface area (Å²) in [4.78, 5) is 3.94. The van der Waals surface area contributed by atoms with Gasteiger partial charge in [0.05, 0.1) is 18.1 Å². The van der Waals surface area contributed by atoms with Crippen LogP contribution in [-0.4, -0.2) is 17.8 Å². The van der Waals surface area contributed by atoms with Crippen LogP contribution in [0.1, 0.15) is 17.0 Å². The molecule has 10 heteroatoms. The Hall–Kier alpha value is -1.74. The van der Waals surface area contributed by atoms with Crippen LogP contribution in [0.5, 0.6) is 0 Å². The zero-order chi connectivity index (χ0) is 18.0. The number of ether oxygens (including phenoxy) is 1. The Kier molecular flexibility index (Phi) is 5.44. The largest absolute Gasteiger partial charge is 0.440 e. The maximum atomic E-state index is 12.5. The lowest BCUT2D eigenvalue weighted by molar-refractivity contribution is -0.176. The van der Waals surface area contributed by atoms with Crippen molar-refractivity contribution in [2.24, 2.45) is 0 Å². The first kappa shape index (κ1) is 18.6. The van der Waals surface area contributed by atoms with E-state index in [1.807, 2.05) is 0 Å². The summed E-state index contributed by atoms with van der Waals surface area (Å²) in [7, 11) is 0. The summed E-state index contributed by atoms with van der Waals surface area (Å²) in [5.41, 5.74) is -0.551. The van der Waals surface area contributed by atoms with Gasteiger partial charge >= 0.3 is 12.4 Å². The van der Waals surface area contributed by atoms with Crippen LogP contribution in [0, 0.1) is 0 Å². The number of aromatic nitrogens is 1. The first-order valence-electron chi connectivity index (χ1n) is 6.47. The molecule has 0 radical (unpaired) electrons. The maximum absolute atomic E-state index is 12.5. The Balaban J connectivity index is 2.17. The molecular formula is C14H10ClF6NO2. The highest BCUT2D eigenvalue weighted by Gasteiger charge is 2.30. The van der Waals surface area contributed by atoms with Crippen LogP contribution in [0.3, 0.4) is 0 Å². The minimum Gasteiger partial charge on any atom is -0.440 e. The first-order chi connectivity index (χ1) is 11.1. The van der Waals surface area contributed by atoms with Gasteiger partial charge in [0.25, 0.3) is 0 Å². The lowest BCUT2D eigenvalue weighted by Crippen LogP contribution is -2.17. The molecule has 0 aliphatic rings. The van der Waals surface area contributed by atoms with Crippen molar-refractivity contribution >= 4 is 11.6 Å². The highest BCUT2D eigenvalue weighted by Crippen LogP contribution is 2.31. The molecule has 0 amide bonds. The minimum atomic E-state index is -4.49. The number of rotatable bonds is 5. The van der Waals surface area contributed by atoms with E-state index < -0.39 is 31.1 Å². The molecule has 0 spiro atoms. The van der Waals surface area contributed by atoms with Gasteiger partial charge in [0, 0.05) is 5.56 Å². The predicted molar refractivity (Wildman–Crippen MR) is 72.2 cm³/mol. The van der Waals surface area contributed by atoms with Crippen LogP contribution in [0.25, 0.3) is 11.5 Å². The number of benzene rings is 1. The van der Waals surface area contributed by atoms with Crippen molar-refractivity contribution in [3.63, 3.8) is 0 Å². The summed E-state index contributed by atoms with van der Waals surface area (Å²) in [6.07, 6.45) is -8.96. The molecule has 1 heterocycles. The zero-order valence-electron chi connectivity index (χ0n) is 11.8. The number of hydrogen-bond donors (Lipinski definition) is 0. The second-order valence-corrected chi connectivity index (χ2v) is 4.97. The Morgan fingerprint density at radius 2 is 1.67 bits per heavy atom. The van der Waals surface area contributed by atoms with Gasteiger partial charge in [-0.2, -0.15) is 26.3 Å². The van der Waals surface area contributed by atoms with E-state index in [9.17, 15) is 26.3 Å². The van der Waals surface area contributed by atoms with E-state index in [-0.39, 0.29) is 28.8 Å². The van der Waals surface area contributed by atoms with Gasteiger partial charge in [-0.1, -0.05) is 0 Å². The van der Waals surface area contributed by atoms with Gasteiger partial charge in [0.15, 0.2) is 0 Å². The van der Waals surface area contributed by atoms with Crippen LogP contribution >= 0.6 is 11.6 Å². The fraction of sp³-hybridized carbons (Fsp3) is 0.357. The van der Waals surface area contributed by atoms with E-state index in [1.165, 1.54) is 0 Å². The Morgan fingerprint density at radius 1 is 1.04 bits per heavy atom. The molecule has 0 aliphatic carbocycles. The van der Waals surface area contributed by atoms with Gasteiger partial charge in [-0.3, -0.25) is 0 Å². The Morgan fingerprint density at radius 3 is 2.17 bits per heavy atom. The smallest absolute Gasteiger partial charge is 0.416 e. The number of oxazole rings is 1. The molecule has 132 valence electrons. The van der Waals surface area contributed by atoms with Crippen molar-refractivity contribution in [1.29, 1.82) is 0 Å². The molecule has 2 rings (SSSR count). The van der Waals surface area contributed by atoms with Crippen molar-refractivity contribution < 1.29 is 35.5 Å². The Labute approximate surface area is 137 Å². The molecule has 1 aromatic heterocycles. The quantitative estimate of drug-likeness (QED) is 0.535. The third-order valence-corrected chi connectivity index (χ3v) is 3.11. The second-order valence-electron chi connectivity index (χ2n) is 4.71. The molecule has 0 bridgehead atoms. The third-order valence-electron chi connectivity index (χ3n) is 2.86. The van der Waals surface area contributed by atoms with Crippen molar-refractivity contribution in [2.75, 3.05) is 6.61 Å². The number of alkyl halides is 7. The van der Waals surface area contributed by atoms with E-state index in [2.05, 4.69) is 9.72 Å². The summed E-state index contributed by atoms with van der Waals surface area (Å²) in [6.45, 7) is -1.94. The van der Waals surface area contributed by atoms with Crippen molar-refractivity contribution in [3.05, 3.63) is 41.3 Å². The Bertz CT molecular complexity index is 678. The normalized spacial score (nSPS) is 12.6. The third kappa shape index (κ3) is 4.88. The molecule has 2 aromatic rings. The summed E-state index contributed by atoms with van der Waals surface area (Å²) in [6, 6.07) is 3.99. The molecule has 0 fully saturated rings. The van der Waals surface area contributed by atoms with Crippen LogP contribution in [0.15, 0.2) is 28.7 Å². The zero-order valence-corrected chi connectivity index (χ0v) is 12.6. The molecule has 0 N–H and O–H groups in total. The molecule has 0 saturated carbocycles. The predicted octanol–water partition coefficient (Wildman–Crippen LogP) is 5.18. The average molecular weight is 374 g/mol. The van der Waals surface area contributed by atoms with Gasteiger partial charge in [0.1, 0.15) is 18.1 Å². The van der Waals surface area contributed by atoms with E-state index in [1.54, 1.807) is 0 Å². The summed E-state index contributed by atoms with van der Waals surface area (Å²) < 4.78 is 83.5. The molecular weight excluding hydrogens is 364 g/mol. The number of halogens is 7. The topological polar surface area (TPSA) is 35.3 Å². The number of nitrogens with zero attached hydrogens (tertiary/aromatic N) is 1. The van der Waals surface area contributed by atoms with E-state index in [0.717, 1.165) is 24.3 Å². The van der Waals surface area contributed by atoms with Crippen LogP contribution in [-0.2, 0) is 23.4 Å². The first-order valence-corrected chi connectivity index (χ1v) is 7.00. The van der Waals surface area contributed by atoms with E-state index in [0.29, 0.717) is 0 Å². The van der Waals surface area contributed by atoms with E-state index >= 15 is 0 Å². The van der Waals surface area contributed by atoms with Crippen LogP contribution in [0.4, 0.5) is 26.3 Å². The average Bonchev–Trinajstić information content (AvgIpc) is 2.88. The van der Waals surface area contributed by atoms with Gasteiger partial charge in [-0.25, -0.2) is 4.98 Å². The molecule has 0 atom stereocenters. The summed E-state index contributed by atoms with van der Waals surface area (Å²) >= 11 is 5.63. The maximum Gasteiger partial charge on any atom is 0.416 e. The molecule has 3 nitrogen and oxygen atoms in total. The monoisotopic (exact) mass is 373 g/mol. The highest BCUT2D eigenvalue weighted by atomic mass is 35.5. The van der Waals surface area contributed by atoms with Gasteiger partial charge in [-0.05, 0) is 24.3 Å². The van der Waals surface area contributed by atoms with Crippen LogP contribution < -0.4 is 0 Å². The minimum absolute atomic E-state index is 0.0509. The fourth-order valence-corrected chi connectivity index (χ4v) is 2.00.